The molecule has 114 valence electrons. The Hall–Kier alpha value is -1.66. The second-order valence-electron chi connectivity index (χ2n) is 5.65. The van der Waals surface area contributed by atoms with Crippen LogP contribution in [0.4, 0.5) is 0 Å². The van der Waals surface area contributed by atoms with E-state index in [9.17, 15) is 9.59 Å². The molecule has 2 fully saturated rings. The number of aromatic nitrogens is 1. The molecule has 3 heterocycles. The highest BCUT2D eigenvalue weighted by molar-refractivity contribution is 5.93. The predicted molar refractivity (Wildman–Crippen MR) is 78.4 cm³/mol. The van der Waals surface area contributed by atoms with Crippen LogP contribution in [0.3, 0.4) is 0 Å². The lowest BCUT2D eigenvalue weighted by molar-refractivity contribution is 0.0432. The monoisotopic (exact) mass is 291 g/mol. The number of piperazine rings is 1. The summed E-state index contributed by atoms with van der Waals surface area (Å²) in [5.41, 5.74) is 0.00520. The molecule has 0 saturated carbocycles. The van der Waals surface area contributed by atoms with Gasteiger partial charge in [-0.3, -0.25) is 14.5 Å². The number of hydrogen-bond donors (Lipinski definition) is 1. The smallest absolute Gasteiger partial charge is 0.259 e. The Kier molecular flexibility index (Phi) is 4.36. The van der Waals surface area contributed by atoms with Gasteiger partial charge in [-0.25, -0.2) is 0 Å². The molecule has 1 amide bonds. The molecule has 0 aliphatic carbocycles. The van der Waals surface area contributed by atoms with Crippen molar-refractivity contribution in [1.82, 2.24) is 14.8 Å². The van der Waals surface area contributed by atoms with Crippen molar-refractivity contribution in [3.05, 3.63) is 34.2 Å². The third-order valence-corrected chi connectivity index (χ3v) is 4.20. The summed E-state index contributed by atoms with van der Waals surface area (Å²) >= 11 is 0. The van der Waals surface area contributed by atoms with Crippen molar-refractivity contribution < 1.29 is 9.53 Å². The molecule has 2 aliphatic heterocycles. The van der Waals surface area contributed by atoms with Crippen LogP contribution in [0.2, 0.25) is 0 Å². The van der Waals surface area contributed by atoms with Crippen LogP contribution in [0.5, 0.6) is 0 Å². The molecule has 1 atom stereocenters. The lowest BCUT2D eigenvalue weighted by Gasteiger charge is -2.35. The van der Waals surface area contributed by atoms with Crippen LogP contribution in [-0.2, 0) is 4.74 Å². The number of amides is 1. The third kappa shape index (κ3) is 3.33. The van der Waals surface area contributed by atoms with Crippen LogP contribution in [0.15, 0.2) is 23.3 Å². The van der Waals surface area contributed by atoms with Gasteiger partial charge < -0.3 is 14.6 Å². The number of rotatable bonds is 3. The molecule has 1 aromatic rings. The highest BCUT2D eigenvalue weighted by atomic mass is 16.5. The summed E-state index contributed by atoms with van der Waals surface area (Å²) in [7, 11) is 0. The SMILES string of the molecule is O=C(c1c[nH]ccc1=O)N1CCN(CC2CCCO2)CC1. The van der Waals surface area contributed by atoms with E-state index in [4.69, 9.17) is 4.74 Å². The maximum atomic E-state index is 12.3. The van der Waals surface area contributed by atoms with Crippen LogP contribution >= 0.6 is 0 Å². The van der Waals surface area contributed by atoms with Crippen molar-refractivity contribution in [2.75, 3.05) is 39.3 Å². The van der Waals surface area contributed by atoms with Gasteiger partial charge in [0.25, 0.3) is 5.91 Å². The van der Waals surface area contributed by atoms with E-state index in [0.717, 1.165) is 39.1 Å². The Bertz CT molecular complexity index is 543. The molecule has 6 heteroatoms. The molecule has 0 bridgehead atoms. The van der Waals surface area contributed by atoms with Crippen molar-refractivity contribution in [3.63, 3.8) is 0 Å². The standard InChI is InChI=1S/C15H21N3O3/c19-14-3-4-16-10-13(14)15(20)18-7-5-17(6-8-18)11-12-2-1-9-21-12/h3-4,10,12H,1-2,5-9,11H2,(H,16,19). The van der Waals surface area contributed by atoms with E-state index in [1.54, 1.807) is 11.1 Å². The molecule has 6 nitrogen and oxygen atoms in total. The van der Waals surface area contributed by atoms with Gasteiger partial charge in [0.2, 0.25) is 0 Å². The maximum absolute atomic E-state index is 12.3. The van der Waals surface area contributed by atoms with Crippen LogP contribution in [0.25, 0.3) is 0 Å². The first-order valence-corrected chi connectivity index (χ1v) is 7.54. The highest BCUT2D eigenvalue weighted by Gasteiger charge is 2.26. The number of nitrogens with zero attached hydrogens (tertiary/aromatic N) is 2. The quantitative estimate of drug-likeness (QED) is 0.870. The fraction of sp³-hybridized carbons (Fsp3) is 0.600. The number of H-pyrrole nitrogens is 1. The minimum atomic E-state index is -0.222. The summed E-state index contributed by atoms with van der Waals surface area (Å²) < 4.78 is 5.65. The van der Waals surface area contributed by atoms with Crippen molar-refractivity contribution in [2.45, 2.75) is 18.9 Å². The number of hydrogen-bond acceptors (Lipinski definition) is 4. The van der Waals surface area contributed by atoms with Gasteiger partial charge in [0.1, 0.15) is 5.56 Å². The Morgan fingerprint density at radius 2 is 2.14 bits per heavy atom. The Morgan fingerprint density at radius 3 is 2.81 bits per heavy atom. The zero-order chi connectivity index (χ0) is 14.7. The number of carbonyl (C=O) groups is 1. The Labute approximate surface area is 123 Å². The Balaban J connectivity index is 1.54. The summed E-state index contributed by atoms with van der Waals surface area (Å²) in [4.78, 5) is 30.9. The molecule has 0 aromatic carbocycles. The van der Waals surface area contributed by atoms with Gasteiger partial charge in [-0.15, -0.1) is 0 Å². The first kappa shape index (κ1) is 14.3. The summed E-state index contributed by atoms with van der Waals surface area (Å²) in [6.45, 7) is 4.85. The van der Waals surface area contributed by atoms with Crippen LogP contribution in [0.1, 0.15) is 23.2 Å². The average Bonchev–Trinajstić information content (AvgIpc) is 3.01. The highest BCUT2D eigenvalue weighted by Crippen LogP contribution is 2.14. The summed E-state index contributed by atoms with van der Waals surface area (Å²) in [6, 6.07) is 1.39. The minimum absolute atomic E-state index is 0.173. The molecular formula is C15H21N3O3. The maximum Gasteiger partial charge on any atom is 0.259 e. The van der Waals surface area contributed by atoms with E-state index >= 15 is 0 Å². The molecule has 21 heavy (non-hydrogen) atoms. The van der Waals surface area contributed by atoms with E-state index in [1.165, 1.54) is 12.3 Å². The van der Waals surface area contributed by atoms with Gasteiger partial charge in [-0.05, 0) is 12.8 Å². The molecule has 0 radical (unpaired) electrons. The lowest BCUT2D eigenvalue weighted by Crippen LogP contribution is -2.51. The lowest BCUT2D eigenvalue weighted by atomic mass is 10.2. The molecular weight excluding hydrogens is 270 g/mol. The van der Waals surface area contributed by atoms with E-state index < -0.39 is 0 Å². The van der Waals surface area contributed by atoms with Gasteiger partial charge in [-0.2, -0.15) is 0 Å². The molecule has 2 saturated heterocycles. The van der Waals surface area contributed by atoms with Crippen LogP contribution in [0, 0.1) is 0 Å². The van der Waals surface area contributed by atoms with Crippen LogP contribution in [-0.4, -0.2) is 66.1 Å². The van der Waals surface area contributed by atoms with E-state index in [1.807, 2.05) is 0 Å². The average molecular weight is 291 g/mol. The zero-order valence-electron chi connectivity index (χ0n) is 12.1. The third-order valence-electron chi connectivity index (χ3n) is 4.20. The first-order chi connectivity index (χ1) is 10.2. The fourth-order valence-electron chi connectivity index (χ4n) is 2.96. The van der Waals surface area contributed by atoms with E-state index in [2.05, 4.69) is 9.88 Å². The topological polar surface area (TPSA) is 65.6 Å². The van der Waals surface area contributed by atoms with E-state index in [-0.39, 0.29) is 16.9 Å². The van der Waals surface area contributed by atoms with Gasteiger partial charge in [0, 0.05) is 57.8 Å². The van der Waals surface area contributed by atoms with Gasteiger partial charge in [0.15, 0.2) is 5.43 Å². The number of ether oxygens (including phenoxy) is 1. The van der Waals surface area contributed by atoms with Crippen molar-refractivity contribution in [2.24, 2.45) is 0 Å². The van der Waals surface area contributed by atoms with Gasteiger partial charge >= 0.3 is 0 Å². The molecule has 1 N–H and O–H groups in total. The summed E-state index contributed by atoms with van der Waals surface area (Å²) in [6.07, 6.45) is 5.67. The van der Waals surface area contributed by atoms with Crippen LogP contribution < -0.4 is 5.43 Å². The normalized spacial score (nSPS) is 23.4. The number of aromatic amines is 1. The fourth-order valence-corrected chi connectivity index (χ4v) is 2.96. The predicted octanol–water partition coefficient (Wildman–Crippen LogP) is 0.312. The van der Waals surface area contributed by atoms with Crippen molar-refractivity contribution in [3.8, 4) is 0 Å². The van der Waals surface area contributed by atoms with Crippen molar-refractivity contribution in [1.29, 1.82) is 0 Å². The second kappa shape index (κ2) is 6.41. The minimum Gasteiger partial charge on any atom is -0.377 e. The largest absolute Gasteiger partial charge is 0.377 e. The number of pyridine rings is 1. The molecule has 3 rings (SSSR count). The molecule has 1 unspecified atom stereocenters. The van der Waals surface area contributed by atoms with Gasteiger partial charge in [-0.1, -0.05) is 0 Å². The summed E-state index contributed by atoms with van der Waals surface area (Å²) in [5.74, 6) is -0.173. The van der Waals surface area contributed by atoms with E-state index in [0.29, 0.717) is 19.2 Å². The first-order valence-electron chi connectivity index (χ1n) is 7.54. The summed E-state index contributed by atoms with van der Waals surface area (Å²) in [5, 5.41) is 0. The number of nitrogens with one attached hydrogen (secondary N) is 1. The van der Waals surface area contributed by atoms with Gasteiger partial charge in [0.05, 0.1) is 6.10 Å². The molecule has 0 spiro atoms. The van der Waals surface area contributed by atoms with Crippen molar-refractivity contribution >= 4 is 5.91 Å². The Morgan fingerprint density at radius 1 is 1.33 bits per heavy atom. The second-order valence-corrected chi connectivity index (χ2v) is 5.65. The molecule has 2 aliphatic rings. The zero-order valence-corrected chi connectivity index (χ0v) is 12.1. The number of carbonyl (C=O) groups excluding carboxylic acids is 1. The molecule has 1 aromatic heterocycles.